The van der Waals surface area contributed by atoms with Crippen LogP contribution >= 0.6 is 11.6 Å². The molecule has 4 rings (SSSR count). The molecular weight excluding hydrogens is 412 g/mol. The summed E-state index contributed by atoms with van der Waals surface area (Å²) in [6.07, 6.45) is 10.1. The SMILES string of the molecule is [2H]C([2H])([2H])N1CCC(n2cc(Nc3ncc(Cl)c(NCCCN4CCCCC4)n3)c(C)n2)CC1. The lowest BCUT2D eigenvalue weighted by atomic mass is 10.1. The molecule has 2 saturated heterocycles. The third kappa shape index (κ3) is 6.08. The van der Waals surface area contributed by atoms with E-state index in [0.29, 0.717) is 29.9 Å². The first-order valence-corrected chi connectivity index (χ1v) is 11.7. The fourth-order valence-electron chi connectivity index (χ4n) is 4.29. The van der Waals surface area contributed by atoms with Crippen molar-refractivity contribution in [1.29, 1.82) is 0 Å². The van der Waals surface area contributed by atoms with Crippen molar-refractivity contribution in [3.8, 4) is 0 Å². The van der Waals surface area contributed by atoms with Gasteiger partial charge in [-0.1, -0.05) is 18.0 Å². The summed E-state index contributed by atoms with van der Waals surface area (Å²) in [5.74, 6) is 1.09. The van der Waals surface area contributed by atoms with E-state index in [-0.39, 0.29) is 6.04 Å². The maximum Gasteiger partial charge on any atom is 0.229 e. The van der Waals surface area contributed by atoms with Gasteiger partial charge in [-0.15, -0.1) is 0 Å². The third-order valence-electron chi connectivity index (χ3n) is 6.14. The number of halogens is 1. The molecule has 9 heteroatoms. The number of aromatic nitrogens is 4. The number of hydrogen-bond acceptors (Lipinski definition) is 7. The first-order chi connectivity index (χ1) is 16.3. The van der Waals surface area contributed by atoms with Gasteiger partial charge >= 0.3 is 0 Å². The van der Waals surface area contributed by atoms with Crippen LogP contribution in [-0.2, 0) is 0 Å². The highest BCUT2D eigenvalue weighted by Gasteiger charge is 2.20. The molecule has 31 heavy (non-hydrogen) atoms. The van der Waals surface area contributed by atoms with Crippen molar-refractivity contribution in [2.75, 3.05) is 56.9 Å². The first-order valence-electron chi connectivity index (χ1n) is 12.9. The van der Waals surface area contributed by atoms with Gasteiger partial charge in [-0.2, -0.15) is 10.1 Å². The summed E-state index contributed by atoms with van der Waals surface area (Å²) in [6, 6.07) is 0.177. The van der Waals surface area contributed by atoms with Crippen molar-refractivity contribution in [1.82, 2.24) is 29.5 Å². The van der Waals surface area contributed by atoms with E-state index >= 15 is 0 Å². The Morgan fingerprint density at radius 1 is 1.19 bits per heavy atom. The van der Waals surface area contributed by atoms with E-state index in [4.69, 9.17) is 15.7 Å². The highest BCUT2D eigenvalue weighted by Crippen LogP contribution is 2.26. The van der Waals surface area contributed by atoms with Crippen LogP contribution in [0.2, 0.25) is 5.02 Å². The van der Waals surface area contributed by atoms with Crippen molar-refractivity contribution in [2.45, 2.75) is 51.5 Å². The Morgan fingerprint density at radius 3 is 2.77 bits per heavy atom. The Morgan fingerprint density at radius 2 is 2.00 bits per heavy atom. The smallest absolute Gasteiger partial charge is 0.229 e. The summed E-state index contributed by atoms with van der Waals surface area (Å²) in [5.41, 5.74) is 1.67. The predicted octanol–water partition coefficient (Wildman–Crippen LogP) is 3.93. The fourth-order valence-corrected chi connectivity index (χ4v) is 4.44. The summed E-state index contributed by atoms with van der Waals surface area (Å²) in [7, 11) is 0. The number of nitrogens with zero attached hydrogens (tertiary/aromatic N) is 6. The van der Waals surface area contributed by atoms with E-state index < -0.39 is 6.98 Å². The highest BCUT2D eigenvalue weighted by atomic mass is 35.5. The number of piperidine rings is 2. The average Bonchev–Trinajstić information content (AvgIpc) is 3.19. The fraction of sp³-hybridized carbons (Fsp3) is 0.682. The molecule has 0 saturated carbocycles. The normalized spacial score (nSPS) is 20.8. The number of anilines is 3. The lowest BCUT2D eigenvalue weighted by molar-refractivity contribution is 0.212. The molecule has 2 aliphatic rings. The van der Waals surface area contributed by atoms with Crippen LogP contribution in [0.1, 0.15) is 54.4 Å². The number of aryl methyl sites for hydroxylation is 1. The zero-order valence-electron chi connectivity index (χ0n) is 21.3. The van der Waals surface area contributed by atoms with Gasteiger partial charge in [0.15, 0.2) is 0 Å². The van der Waals surface area contributed by atoms with Gasteiger partial charge in [-0.05, 0) is 78.7 Å². The molecule has 0 radical (unpaired) electrons. The zero-order valence-corrected chi connectivity index (χ0v) is 19.0. The van der Waals surface area contributed by atoms with Crippen LogP contribution in [0.25, 0.3) is 0 Å². The van der Waals surface area contributed by atoms with Gasteiger partial charge in [-0.25, -0.2) is 4.98 Å². The van der Waals surface area contributed by atoms with Crippen molar-refractivity contribution in [3.05, 3.63) is 23.1 Å². The molecule has 4 heterocycles. The molecule has 0 amide bonds. The van der Waals surface area contributed by atoms with E-state index in [0.717, 1.165) is 43.7 Å². The Bertz CT molecular complexity index is 937. The minimum absolute atomic E-state index is 0.177. The van der Waals surface area contributed by atoms with E-state index in [2.05, 4.69) is 30.6 Å². The van der Waals surface area contributed by atoms with Crippen molar-refractivity contribution in [2.24, 2.45) is 0 Å². The monoisotopic (exact) mass is 449 g/mol. The largest absolute Gasteiger partial charge is 0.369 e. The van der Waals surface area contributed by atoms with Gasteiger partial charge in [-0.3, -0.25) is 4.68 Å². The lowest BCUT2D eigenvalue weighted by Crippen LogP contribution is -2.31. The molecule has 2 aromatic rings. The van der Waals surface area contributed by atoms with Gasteiger partial charge in [0.25, 0.3) is 0 Å². The molecular formula is C22H35ClN8. The van der Waals surface area contributed by atoms with Crippen molar-refractivity contribution >= 4 is 29.1 Å². The molecule has 2 aromatic heterocycles. The number of rotatable bonds is 8. The third-order valence-corrected chi connectivity index (χ3v) is 6.41. The molecule has 0 aromatic carbocycles. The molecule has 0 spiro atoms. The highest BCUT2D eigenvalue weighted by molar-refractivity contribution is 6.32. The van der Waals surface area contributed by atoms with Crippen LogP contribution in [0.4, 0.5) is 17.5 Å². The van der Waals surface area contributed by atoms with E-state index in [9.17, 15) is 0 Å². The quantitative estimate of drug-likeness (QED) is 0.591. The van der Waals surface area contributed by atoms with Crippen molar-refractivity contribution in [3.63, 3.8) is 0 Å². The molecule has 0 bridgehead atoms. The number of nitrogens with one attached hydrogen (secondary N) is 2. The molecule has 2 aliphatic heterocycles. The second kappa shape index (κ2) is 10.6. The summed E-state index contributed by atoms with van der Waals surface area (Å²) in [5, 5.41) is 11.8. The maximum atomic E-state index is 7.59. The van der Waals surface area contributed by atoms with Gasteiger partial charge in [0.2, 0.25) is 5.95 Å². The molecule has 2 N–H and O–H groups in total. The molecule has 8 nitrogen and oxygen atoms in total. The molecule has 0 atom stereocenters. The molecule has 2 fully saturated rings. The predicted molar refractivity (Wildman–Crippen MR) is 126 cm³/mol. The van der Waals surface area contributed by atoms with E-state index in [1.54, 1.807) is 11.1 Å². The minimum atomic E-state index is -2.02. The summed E-state index contributed by atoms with van der Waals surface area (Å²) >= 11 is 6.32. The summed E-state index contributed by atoms with van der Waals surface area (Å²) < 4.78 is 24.7. The van der Waals surface area contributed by atoms with Gasteiger partial charge in [0.1, 0.15) is 10.8 Å². The Kier molecular flexibility index (Phi) is 6.38. The second-order valence-corrected chi connectivity index (χ2v) is 8.93. The standard InChI is InChI=1S/C22H35ClN8/c1-17-20(16-31(28-17)18-7-13-29(2)14-8-18)26-22-25-15-19(23)21(27-22)24-9-6-12-30-10-4-3-5-11-30/h15-16,18H,3-14H2,1-2H3,(H2,24,25,26,27)/i2D3. The lowest BCUT2D eigenvalue weighted by Gasteiger charge is -2.28. The first kappa shape index (κ1) is 18.7. The van der Waals surface area contributed by atoms with Gasteiger partial charge in [0, 0.05) is 16.9 Å². The Hall–Kier alpha value is -1.90. The second-order valence-electron chi connectivity index (χ2n) is 8.52. The van der Waals surface area contributed by atoms with Crippen LogP contribution in [0, 0.1) is 6.92 Å². The van der Waals surface area contributed by atoms with Crippen LogP contribution in [0.3, 0.4) is 0 Å². The van der Waals surface area contributed by atoms with Crippen LogP contribution in [0.5, 0.6) is 0 Å². The minimum Gasteiger partial charge on any atom is -0.369 e. The Balaban J connectivity index is 1.31. The number of likely N-dealkylation sites (tertiary alicyclic amines) is 2. The van der Waals surface area contributed by atoms with E-state index in [1.165, 1.54) is 32.4 Å². The summed E-state index contributed by atoms with van der Waals surface area (Å²) in [4.78, 5) is 13.0. The van der Waals surface area contributed by atoms with E-state index in [1.807, 2.05) is 17.8 Å². The summed E-state index contributed by atoms with van der Waals surface area (Å²) in [6.45, 7) is 5.28. The Labute approximate surface area is 194 Å². The van der Waals surface area contributed by atoms with Crippen LogP contribution in [-0.4, -0.2) is 75.8 Å². The van der Waals surface area contributed by atoms with Gasteiger partial charge < -0.3 is 20.4 Å². The topological polar surface area (TPSA) is 74.1 Å². The molecule has 0 aliphatic carbocycles. The van der Waals surface area contributed by atoms with Crippen LogP contribution < -0.4 is 10.6 Å². The van der Waals surface area contributed by atoms with Gasteiger partial charge in [0.05, 0.1) is 23.6 Å². The molecule has 0 unspecified atom stereocenters. The average molecular weight is 450 g/mol. The molecule has 170 valence electrons. The number of hydrogen-bond donors (Lipinski definition) is 2. The van der Waals surface area contributed by atoms with Crippen molar-refractivity contribution < 1.29 is 4.11 Å². The van der Waals surface area contributed by atoms with Crippen LogP contribution in [0.15, 0.2) is 12.4 Å². The zero-order chi connectivity index (χ0) is 24.1. The maximum absolute atomic E-state index is 7.59.